The van der Waals surface area contributed by atoms with E-state index in [-0.39, 0.29) is 18.3 Å². The Balaban J connectivity index is 0.00000408. The highest BCUT2D eigenvalue weighted by atomic mass is 35.5. The molecule has 1 aromatic heterocycles. The number of aryl methyl sites for hydroxylation is 2. The highest BCUT2D eigenvalue weighted by Crippen LogP contribution is 2.33. The number of fused-ring (bicyclic) bond motifs is 1. The SMILES string of the molecule is CCN(CC)CCN(C(=O)CCCSc1ccc(OC)cc1)c1nc2c(C)ccc(C)c2s1.Cl. The van der Waals surface area contributed by atoms with Gasteiger partial charge in [-0.2, -0.15) is 0 Å². The fraction of sp³-hybridized carbons (Fsp3) is 0.462. The van der Waals surface area contributed by atoms with Crippen molar-refractivity contribution in [1.29, 1.82) is 0 Å². The first-order valence-electron chi connectivity index (χ1n) is 11.6. The van der Waals surface area contributed by atoms with Gasteiger partial charge in [0.05, 0.1) is 17.3 Å². The third-order valence-corrected chi connectivity index (χ3v) is 8.17. The van der Waals surface area contributed by atoms with Gasteiger partial charge in [-0.25, -0.2) is 4.98 Å². The minimum absolute atomic E-state index is 0. The van der Waals surface area contributed by atoms with E-state index >= 15 is 0 Å². The summed E-state index contributed by atoms with van der Waals surface area (Å²) >= 11 is 3.41. The predicted molar refractivity (Wildman–Crippen MR) is 149 cm³/mol. The molecule has 0 aliphatic heterocycles. The Labute approximate surface area is 218 Å². The number of rotatable bonds is 12. The number of methoxy groups -OCH3 is 1. The second kappa shape index (κ2) is 13.9. The minimum Gasteiger partial charge on any atom is -0.497 e. The second-order valence-electron chi connectivity index (χ2n) is 8.07. The Hall–Kier alpha value is -1.80. The number of carbonyl (C=O) groups excluding carboxylic acids is 1. The van der Waals surface area contributed by atoms with Gasteiger partial charge in [-0.05, 0) is 74.5 Å². The average Bonchev–Trinajstić information content (AvgIpc) is 3.29. The molecular weight excluding hydrogens is 486 g/mol. The molecule has 0 aliphatic rings. The van der Waals surface area contributed by atoms with Gasteiger partial charge in [-0.3, -0.25) is 9.69 Å². The summed E-state index contributed by atoms with van der Waals surface area (Å²) in [5.41, 5.74) is 3.39. The molecule has 186 valence electrons. The van der Waals surface area contributed by atoms with Gasteiger partial charge in [0.1, 0.15) is 5.75 Å². The van der Waals surface area contributed by atoms with Gasteiger partial charge < -0.3 is 9.64 Å². The van der Waals surface area contributed by atoms with Crippen molar-refractivity contribution in [3.63, 3.8) is 0 Å². The second-order valence-corrected chi connectivity index (χ2v) is 10.2. The van der Waals surface area contributed by atoms with Gasteiger partial charge in [-0.15, -0.1) is 24.2 Å². The number of thioether (sulfide) groups is 1. The van der Waals surface area contributed by atoms with Gasteiger partial charge in [0, 0.05) is 24.4 Å². The van der Waals surface area contributed by atoms with Gasteiger partial charge in [0.15, 0.2) is 5.13 Å². The number of thiazole rings is 1. The lowest BCUT2D eigenvalue weighted by molar-refractivity contribution is -0.118. The van der Waals surface area contributed by atoms with Crippen LogP contribution in [0.1, 0.15) is 37.8 Å². The Morgan fingerprint density at radius 2 is 1.71 bits per heavy atom. The molecular formula is C26H36ClN3O2S2. The number of aromatic nitrogens is 1. The van der Waals surface area contributed by atoms with Crippen LogP contribution in [-0.4, -0.2) is 54.8 Å². The lowest BCUT2D eigenvalue weighted by atomic mass is 10.1. The van der Waals surface area contributed by atoms with Crippen LogP contribution in [0.3, 0.4) is 0 Å². The molecule has 0 atom stereocenters. The Morgan fingerprint density at radius 1 is 1.03 bits per heavy atom. The standard InChI is InChI=1S/C26H35N3O2S2.ClH/c1-6-28(7-2)16-17-29(26-27-24-19(3)10-11-20(4)25(24)33-26)23(30)9-8-18-32-22-14-12-21(31-5)13-15-22;/h10-15H,6-9,16-18H2,1-5H3;1H. The summed E-state index contributed by atoms with van der Waals surface area (Å²) in [7, 11) is 1.67. The predicted octanol–water partition coefficient (Wildman–Crippen LogP) is 6.59. The van der Waals surface area contributed by atoms with Crippen LogP contribution in [-0.2, 0) is 4.79 Å². The maximum absolute atomic E-state index is 13.3. The summed E-state index contributed by atoms with van der Waals surface area (Å²) in [6, 6.07) is 12.3. The molecule has 0 fully saturated rings. The number of hydrogen-bond donors (Lipinski definition) is 0. The molecule has 3 aromatic rings. The van der Waals surface area contributed by atoms with Crippen molar-refractivity contribution < 1.29 is 9.53 Å². The van der Waals surface area contributed by atoms with Crippen molar-refractivity contribution in [2.45, 2.75) is 45.4 Å². The zero-order valence-corrected chi connectivity index (χ0v) is 23.2. The molecule has 5 nitrogen and oxygen atoms in total. The smallest absolute Gasteiger partial charge is 0.228 e. The van der Waals surface area contributed by atoms with E-state index in [0.29, 0.717) is 13.0 Å². The number of anilines is 1. The van der Waals surface area contributed by atoms with E-state index in [0.717, 1.165) is 53.8 Å². The van der Waals surface area contributed by atoms with Crippen molar-refractivity contribution in [3.8, 4) is 5.75 Å². The zero-order chi connectivity index (χ0) is 23.8. The number of halogens is 1. The minimum atomic E-state index is 0. The average molecular weight is 522 g/mol. The molecule has 0 unspecified atom stereocenters. The van der Waals surface area contributed by atoms with Crippen LogP contribution < -0.4 is 9.64 Å². The molecule has 34 heavy (non-hydrogen) atoms. The summed E-state index contributed by atoms with van der Waals surface area (Å²) in [5.74, 6) is 1.92. The van der Waals surface area contributed by atoms with Gasteiger partial charge >= 0.3 is 0 Å². The highest BCUT2D eigenvalue weighted by Gasteiger charge is 2.21. The molecule has 0 radical (unpaired) electrons. The van der Waals surface area contributed by atoms with Crippen LogP contribution in [0, 0.1) is 13.8 Å². The zero-order valence-electron chi connectivity index (χ0n) is 20.8. The third kappa shape index (κ3) is 7.35. The molecule has 0 spiro atoms. The Morgan fingerprint density at radius 3 is 2.32 bits per heavy atom. The molecule has 0 aliphatic carbocycles. The fourth-order valence-electron chi connectivity index (χ4n) is 3.69. The molecule has 2 aromatic carbocycles. The Kier molecular flexibility index (Phi) is 11.6. The van der Waals surface area contributed by atoms with Gasteiger partial charge in [0.25, 0.3) is 0 Å². The summed E-state index contributed by atoms with van der Waals surface area (Å²) in [4.78, 5) is 23.7. The third-order valence-electron chi connectivity index (χ3n) is 5.86. The molecule has 1 amide bonds. The number of carbonyl (C=O) groups is 1. The molecule has 3 rings (SSSR count). The van der Waals surface area contributed by atoms with E-state index in [1.807, 2.05) is 17.0 Å². The topological polar surface area (TPSA) is 45.7 Å². The quantitative estimate of drug-likeness (QED) is 0.199. The van der Waals surface area contributed by atoms with Crippen molar-refractivity contribution in [1.82, 2.24) is 9.88 Å². The van der Waals surface area contributed by atoms with E-state index in [4.69, 9.17) is 9.72 Å². The van der Waals surface area contributed by atoms with Crippen LogP contribution in [0.5, 0.6) is 5.75 Å². The monoisotopic (exact) mass is 521 g/mol. The lowest BCUT2D eigenvalue weighted by Gasteiger charge is -2.24. The largest absolute Gasteiger partial charge is 0.497 e. The normalized spacial score (nSPS) is 11.0. The maximum atomic E-state index is 13.3. The maximum Gasteiger partial charge on any atom is 0.228 e. The Bertz CT molecular complexity index is 1010. The number of amides is 1. The van der Waals surface area contributed by atoms with Gasteiger partial charge in [-0.1, -0.05) is 37.3 Å². The molecule has 1 heterocycles. The summed E-state index contributed by atoms with van der Waals surface area (Å²) < 4.78 is 6.40. The molecule has 0 saturated heterocycles. The first kappa shape index (κ1) is 28.4. The molecule has 8 heteroatoms. The summed E-state index contributed by atoms with van der Waals surface area (Å²) in [5, 5.41) is 0.822. The first-order valence-corrected chi connectivity index (χ1v) is 13.4. The van der Waals surface area contributed by atoms with E-state index in [1.165, 1.54) is 15.2 Å². The van der Waals surface area contributed by atoms with Crippen LogP contribution >= 0.6 is 35.5 Å². The number of likely N-dealkylation sites (N-methyl/N-ethyl adjacent to an activating group) is 1. The van der Waals surface area contributed by atoms with Crippen LogP contribution in [0.25, 0.3) is 10.2 Å². The summed E-state index contributed by atoms with van der Waals surface area (Å²) in [6.07, 6.45) is 1.36. The summed E-state index contributed by atoms with van der Waals surface area (Å²) in [6.45, 7) is 12.0. The van der Waals surface area contributed by atoms with E-state index in [2.05, 4.69) is 56.9 Å². The van der Waals surface area contributed by atoms with Crippen molar-refractivity contribution in [2.75, 3.05) is 43.9 Å². The molecule has 0 saturated carbocycles. The lowest BCUT2D eigenvalue weighted by Crippen LogP contribution is -2.38. The van der Waals surface area contributed by atoms with Crippen molar-refractivity contribution in [3.05, 3.63) is 47.5 Å². The van der Waals surface area contributed by atoms with E-state index < -0.39 is 0 Å². The van der Waals surface area contributed by atoms with Crippen molar-refractivity contribution in [2.24, 2.45) is 0 Å². The molecule has 0 N–H and O–H groups in total. The van der Waals surface area contributed by atoms with Crippen LogP contribution in [0.2, 0.25) is 0 Å². The van der Waals surface area contributed by atoms with Crippen molar-refractivity contribution >= 4 is 56.8 Å². The van der Waals surface area contributed by atoms with Crippen LogP contribution in [0.15, 0.2) is 41.3 Å². The van der Waals surface area contributed by atoms with E-state index in [9.17, 15) is 4.79 Å². The van der Waals surface area contributed by atoms with E-state index in [1.54, 1.807) is 30.2 Å². The number of nitrogens with zero attached hydrogens (tertiary/aromatic N) is 3. The number of ether oxygens (including phenoxy) is 1. The molecule has 0 bridgehead atoms. The number of benzene rings is 2. The number of hydrogen-bond acceptors (Lipinski definition) is 6. The van der Waals surface area contributed by atoms with Gasteiger partial charge in [0.2, 0.25) is 5.91 Å². The fourth-order valence-corrected chi connectivity index (χ4v) is 5.70. The van der Waals surface area contributed by atoms with Crippen LogP contribution in [0.4, 0.5) is 5.13 Å². The highest BCUT2D eigenvalue weighted by molar-refractivity contribution is 7.99. The first-order chi connectivity index (χ1) is 16.0.